The van der Waals surface area contributed by atoms with Crippen LogP contribution in [-0.4, -0.2) is 11.1 Å². The van der Waals surface area contributed by atoms with E-state index in [1.54, 1.807) is 6.92 Å². The van der Waals surface area contributed by atoms with Crippen LogP contribution in [0.4, 0.5) is 0 Å². The van der Waals surface area contributed by atoms with Gasteiger partial charge in [-0.1, -0.05) is 40.5 Å². The topological polar surface area (TPSA) is 37.3 Å². The molecule has 0 spiro atoms. The molecule has 0 fully saturated rings. The second-order valence-corrected chi connectivity index (χ2v) is 4.23. The molecule has 0 aromatic carbocycles. The van der Waals surface area contributed by atoms with Crippen molar-refractivity contribution in [3.05, 3.63) is 0 Å². The SMILES string of the molecule is CCCC(C)CC(C)C(C)C(=O)O. The van der Waals surface area contributed by atoms with Crippen LogP contribution < -0.4 is 0 Å². The highest BCUT2D eigenvalue weighted by Crippen LogP contribution is 2.22. The number of carbonyl (C=O) groups is 1. The van der Waals surface area contributed by atoms with Gasteiger partial charge < -0.3 is 5.11 Å². The largest absolute Gasteiger partial charge is 0.481 e. The van der Waals surface area contributed by atoms with Crippen LogP contribution in [0, 0.1) is 17.8 Å². The third-order valence-corrected chi connectivity index (χ3v) is 2.80. The summed E-state index contributed by atoms with van der Waals surface area (Å²) in [4.78, 5) is 10.7. The van der Waals surface area contributed by atoms with Crippen LogP contribution in [0.25, 0.3) is 0 Å². The first-order chi connectivity index (χ1) is 5.99. The minimum absolute atomic E-state index is 0.209. The van der Waals surface area contributed by atoms with Gasteiger partial charge in [0.15, 0.2) is 0 Å². The van der Waals surface area contributed by atoms with E-state index in [9.17, 15) is 4.79 Å². The van der Waals surface area contributed by atoms with Crippen molar-refractivity contribution in [1.29, 1.82) is 0 Å². The Balaban J connectivity index is 3.84. The lowest BCUT2D eigenvalue weighted by Gasteiger charge is -2.19. The summed E-state index contributed by atoms with van der Waals surface area (Å²) in [5.74, 6) is 0.0661. The minimum Gasteiger partial charge on any atom is -0.481 e. The highest BCUT2D eigenvalue weighted by atomic mass is 16.4. The first kappa shape index (κ1) is 12.5. The molecule has 0 saturated heterocycles. The standard InChI is InChI=1S/C11H22O2/c1-5-6-8(2)7-9(3)10(4)11(12)13/h8-10H,5-7H2,1-4H3,(H,12,13). The van der Waals surface area contributed by atoms with E-state index in [0.29, 0.717) is 11.8 Å². The molecule has 0 aromatic rings. The van der Waals surface area contributed by atoms with E-state index >= 15 is 0 Å². The fraction of sp³-hybridized carbons (Fsp3) is 0.909. The maximum Gasteiger partial charge on any atom is 0.306 e. The summed E-state index contributed by atoms with van der Waals surface area (Å²) < 4.78 is 0. The van der Waals surface area contributed by atoms with Gasteiger partial charge in [0.25, 0.3) is 0 Å². The molecule has 0 aliphatic rings. The molecule has 3 unspecified atom stereocenters. The lowest BCUT2D eigenvalue weighted by atomic mass is 9.86. The first-order valence-corrected chi connectivity index (χ1v) is 5.21. The molecule has 0 aliphatic heterocycles. The third kappa shape index (κ3) is 4.91. The zero-order valence-electron chi connectivity index (χ0n) is 9.21. The summed E-state index contributed by atoms with van der Waals surface area (Å²) in [6.45, 7) is 8.20. The van der Waals surface area contributed by atoms with Crippen LogP contribution in [0.2, 0.25) is 0 Å². The average Bonchev–Trinajstić information content (AvgIpc) is 2.03. The van der Waals surface area contributed by atoms with Crippen LogP contribution in [0.1, 0.15) is 47.0 Å². The number of rotatable bonds is 6. The fourth-order valence-corrected chi connectivity index (χ4v) is 1.69. The highest BCUT2D eigenvalue weighted by Gasteiger charge is 2.20. The normalized spacial score (nSPS) is 17.8. The monoisotopic (exact) mass is 186 g/mol. The van der Waals surface area contributed by atoms with Gasteiger partial charge in [-0.15, -0.1) is 0 Å². The van der Waals surface area contributed by atoms with Crippen molar-refractivity contribution >= 4 is 5.97 Å². The van der Waals surface area contributed by atoms with Crippen LogP contribution in [0.3, 0.4) is 0 Å². The van der Waals surface area contributed by atoms with Gasteiger partial charge in [0.05, 0.1) is 5.92 Å². The van der Waals surface area contributed by atoms with Gasteiger partial charge in [0.2, 0.25) is 0 Å². The molecule has 13 heavy (non-hydrogen) atoms. The lowest BCUT2D eigenvalue weighted by molar-refractivity contribution is -0.142. The van der Waals surface area contributed by atoms with Crippen molar-refractivity contribution in [1.82, 2.24) is 0 Å². The number of hydrogen-bond donors (Lipinski definition) is 1. The lowest BCUT2D eigenvalue weighted by Crippen LogP contribution is -2.20. The highest BCUT2D eigenvalue weighted by molar-refractivity contribution is 5.69. The summed E-state index contributed by atoms with van der Waals surface area (Å²) in [5, 5.41) is 8.80. The molecule has 0 heterocycles. The molecule has 0 rings (SSSR count). The molecule has 2 nitrogen and oxygen atoms in total. The number of carboxylic acid groups (broad SMARTS) is 1. The van der Waals surface area contributed by atoms with E-state index in [-0.39, 0.29) is 5.92 Å². The predicted octanol–water partition coefficient (Wildman–Crippen LogP) is 3.17. The molecule has 78 valence electrons. The Hall–Kier alpha value is -0.530. The molecule has 0 amide bonds. The van der Waals surface area contributed by atoms with Gasteiger partial charge in [-0.05, 0) is 18.3 Å². The molecular formula is C11H22O2. The average molecular weight is 186 g/mol. The Labute approximate surface area is 81.3 Å². The van der Waals surface area contributed by atoms with Crippen LogP contribution in [0.15, 0.2) is 0 Å². The summed E-state index contributed by atoms with van der Waals surface area (Å²) in [6.07, 6.45) is 3.42. The van der Waals surface area contributed by atoms with Crippen molar-refractivity contribution < 1.29 is 9.90 Å². The molecule has 0 bridgehead atoms. The maximum atomic E-state index is 10.7. The summed E-state index contributed by atoms with van der Waals surface area (Å²) >= 11 is 0. The summed E-state index contributed by atoms with van der Waals surface area (Å²) in [6, 6.07) is 0. The van der Waals surface area contributed by atoms with Crippen molar-refractivity contribution in [3.8, 4) is 0 Å². The maximum absolute atomic E-state index is 10.7. The van der Waals surface area contributed by atoms with E-state index in [4.69, 9.17) is 5.11 Å². The zero-order valence-corrected chi connectivity index (χ0v) is 9.21. The van der Waals surface area contributed by atoms with Gasteiger partial charge >= 0.3 is 5.97 Å². The first-order valence-electron chi connectivity index (χ1n) is 5.21. The number of aliphatic carboxylic acids is 1. The second-order valence-electron chi connectivity index (χ2n) is 4.23. The molecule has 1 N–H and O–H groups in total. The summed E-state index contributed by atoms with van der Waals surface area (Å²) in [5.41, 5.74) is 0. The van der Waals surface area contributed by atoms with Gasteiger partial charge in [0.1, 0.15) is 0 Å². The van der Waals surface area contributed by atoms with Crippen LogP contribution >= 0.6 is 0 Å². The molecule has 0 radical (unpaired) electrons. The van der Waals surface area contributed by atoms with E-state index in [1.165, 1.54) is 12.8 Å². The Morgan fingerprint density at radius 2 is 1.85 bits per heavy atom. The molecule has 0 aromatic heterocycles. The van der Waals surface area contributed by atoms with E-state index in [1.807, 2.05) is 6.92 Å². The van der Waals surface area contributed by atoms with E-state index < -0.39 is 5.97 Å². The smallest absolute Gasteiger partial charge is 0.306 e. The quantitative estimate of drug-likeness (QED) is 0.691. The van der Waals surface area contributed by atoms with E-state index in [2.05, 4.69) is 13.8 Å². The summed E-state index contributed by atoms with van der Waals surface area (Å²) in [7, 11) is 0. The molecule has 0 aliphatic carbocycles. The van der Waals surface area contributed by atoms with Crippen LogP contribution in [-0.2, 0) is 4.79 Å². The van der Waals surface area contributed by atoms with E-state index in [0.717, 1.165) is 6.42 Å². The van der Waals surface area contributed by atoms with Gasteiger partial charge in [-0.2, -0.15) is 0 Å². The van der Waals surface area contributed by atoms with Crippen molar-refractivity contribution in [2.75, 3.05) is 0 Å². The Bertz CT molecular complexity index is 154. The Morgan fingerprint density at radius 1 is 1.31 bits per heavy atom. The predicted molar refractivity (Wildman–Crippen MR) is 54.7 cm³/mol. The fourth-order valence-electron chi connectivity index (χ4n) is 1.69. The zero-order chi connectivity index (χ0) is 10.4. The molecule has 0 saturated carbocycles. The number of carboxylic acids is 1. The van der Waals surface area contributed by atoms with Crippen molar-refractivity contribution in [2.45, 2.75) is 47.0 Å². The molecule has 3 atom stereocenters. The van der Waals surface area contributed by atoms with Crippen LogP contribution in [0.5, 0.6) is 0 Å². The van der Waals surface area contributed by atoms with Crippen molar-refractivity contribution in [3.63, 3.8) is 0 Å². The Kier molecular flexibility index (Phi) is 5.76. The minimum atomic E-state index is -0.670. The third-order valence-electron chi connectivity index (χ3n) is 2.80. The van der Waals surface area contributed by atoms with Gasteiger partial charge in [-0.25, -0.2) is 0 Å². The second kappa shape index (κ2) is 6.01. The van der Waals surface area contributed by atoms with Gasteiger partial charge in [-0.3, -0.25) is 4.79 Å². The Morgan fingerprint density at radius 3 is 2.23 bits per heavy atom. The molecular weight excluding hydrogens is 164 g/mol. The van der Waals surface area contributed by atoms with Crippen molar-refractivity contribution in [2.24, 2.45) is 17.8 Å². The molecule has 2 heteroatoms. The van der Waals surface area contributed by atoms with Gasteiger partial charge in [0, 0.05) is 0 Å². The number of hydrogen-bond acceptors (Lipinski definition) is 1.